The molecule has 0 saturated carbocycles. The van der Waals surface area contributed by atoms with Crippen LogP contribution in [-0.2, 0) is 11.3 Å². The molecule has 0 saturated heterocycles. The molecule has 1 N–H and O–H groups in total. The number of methoxy groups -OCH3 is 1. The first-order valence-corrected chi connectivity index (χ1v) is 7.68. The van der Waals surface area contributed by atoms with E-state index in [4.69, 9.17) is 9.47 Å². The smallest absolute Gasteiger partial charge is 0.127 e. The summed E-state index contributed by atoms with van der Waals surface area (Å²) < 4.78 is 12.2. The molecule has 1 unspecified atom stereocenters. The zero-order valence-corrected chi connectivity index (χ0v) is 13.3. The van der Waals surface area contributed by atoms with Crippen LogP contribution in [0.1, 0.15) is 35.3 Å². The Balaban J connectivity index is 1.88. The van der Waals surface area contributed by atoms with Crippen LogP contribution in [-0.4, -0.2) is 12.2 Å². The molecule has 1 aliphatic heterocycles. The Kier molecular flexibility index (Phi) is 4.29. The van der Waals surface area contributed by atoms with Crippen LogP contribution in [0.15, 0.2) is 46.9 Å². The summed E-state index contributed by atoms with van der Waals surface area (Å²) in [6.07, 6.45) is -0.0901. The maximum atomic E-state index is 10.4. The number of halogens is 1. The minimum absolute atomic E-state index is 0.134. The van der Waals surface area contributed by atoms with Gasteiger partial charge in [0.2, 0.25) is 0 Å². The molecule has 2 atom stereocenters. The molecular formula is C17H17BrO3. The van der Waals surface area contributed by atoms with E-state index in [0.29, 0.717) is 13.0 Å². The fourth-order valence-corrected chi connectivity index (χ4v) is 3.05. The van der Waals surface area contributed by atoms with Crippen molar-refractivity contribution in [3.8, 4) is 5.75 Å². The zero-order chi connectivity index (χ0) is 14.8. The maximum Gasteiger partial charge on any atom is 0.127 e. The Labute approximate surface area is 132 Å². The largest absolute Gasteiger partial charge is 0.485 e. The normalized spacial score (nSPS) is 20.7. The van der Waals surface area contributed by atoms with Crippen molar-refractivity contribution in [2.45, 2.75) is 25.2 Å². The first-order chi connectivity index (χ1) is 10.2. The van der Waals surface area contributed by atoms with E-state index >= 15 is 0 Å². The van der Waals surface area contributed by atoms with Gasteiger partial charge in [0.1, 0.15) is 11.9 Å². The van der Waals surface area contributed by atoms with Crippen LogP contribution in [0.3, 0.4) is 0 Å². The lowest BCUT2D eigenvalue weighted by Gasteiger charge is -2.30. The molecule has 2 aromatic carbocycles. The fraction of sp³-hybridized carbons (Fsp3) is 0.294. The summed E-state index contributed by atoms with van der Waals surface area (Å²) in [6.45, 7) is 0.576. The lowest BCUT2D eigenvalue weighted by molar-refractivity contribution is 0.0655. The SMILES string of the molecule is COCc1cccc(C2C[C@H](O)c3cc(Br)ccc3O2)c1. The number of hydrogen-bond acceptors (Lipinski definition) is 3. The molecule has 3 nitrogen and oxygen atoms in total. The number of benzene rings is 2. The molecule has 2 aromatic rings. The number of ether oxygens (including phenoxy) is 2. The summed E-state index contributed by atoms with van der Waals surface area (Å²) in [5, 5.41) is 10.4. The van der Waals surface area contributed by atoms with E-state index in [1.165, 1.54) is 0 Å². The quantitative estimate of drug-likeness (QED) is 0.905. The van der Waals surface area contributed by atoms with Gasteiger partial charge in [-0.1, -0.05) is 34.1 Å². The number of hydrogen-bond donors (Lipinski definition) is 1. The van der Waals surface area contributed by atoms with Crippen molar-refractivity contribution >= 4 is 15.9 Å². The molecule has 0 radical (unpaired) electrons. The van der Waals surface area contributed by atoms with Gasteiger partial charge in [0.25, 0.3) is 0 Å². The lowest BCUT2D eigenvalue weighted by atomic mass is 9.94. The molecule has 1 heterocycles. The van der Waals surface area contributed by atoms with Crippen molar-refractivity contribution in [2.24, 2.45) is 0 Å². The van der Waals surface area contributed by atoms with Crippen LogP contribution < -0.4 is 4.74 Å². The third-order valence-corrected chi connectivity index (χ3v) is 4.16. The maximum absolute atomic E-state index is 10.4. The van der Waals surface area contributed by atoms with Crippen LogP contribution in [0.5, 0.6) is 5.75 Å². The molecular weight excluding hydrogens is 332 g/mol. The average Bonchev–Trinajstić information content (AvgIpc) is 2.48. The average molecular weight is 349 g/mol. The first-order valence-electron chi connectivity index (χ1n) is 6.89. The van der Waals surface area contributed by atoms with Gasteiger partial charge >= 0.3 is 0 Å². The number of aliphatic hydroxyl groups is 1. The second-order valence-corrected chi connectivity index (χ2v) is 6.13. The predicted molar refractivity (Wildman–Crippen MR) is 84.2 cm³/mol. The van der Waals surface area contributed by atoms with Gasteiger partial charge < -0.3 is 14.6 Å². The highest BCUT2D eigenvalue weighted by molar-refractivity contribution is 9.10. The van der Waals surface area contributed by atoms with Gasteiger partial charge in [-0.2, -0.15) is 0 Å². The standard InChI is InChI=1S/C17H17BrO3/c1-20-10-11-3-2-4-12(7-11)17-9-15(19)14-8-13(18)5-6-16(14)21-17/h2-8,15,17,19H,9-10H2,1H3/t15-,17?/m0/s1. The Morgan fingerprint density at radius 1 is 1.29 bits per heavy atom. The van der Waals surface area contributed by atoms with Gasteiger partial charge in [0.05, 0.1) is 12.7 Å². The lowest BCUT2D eigenvalue weighted by Crippen LogP contribution is -2.19. The summed E-state index contributed by atoms with van der Waals surface area (Å²) in [5.41, 5.74) is 3.01. The third kappa shape index (κ3) is 3.12. The van der Waals surface area contributed by atoms with E-state index in [1.807, 2.05) is 36.4 Å². The molecule has 3 rings (SSSR count). The summed E-state index contributed by atoms with van der Waals surface area (Å²) in [7, 11) is 1.68. The molecule has 0 fully saturated rings. The highest BCUT2D eigenvalue weighted by Gasteiger charge is 2.28. The highest BCUT2D eigenvalue weighted by atomic mass is 79.9. The first kappa shape index (κ1) is 14.6. The van der Waals surface area contributed by atoms with Crippen LogP contribution in [0.2, 0.25) is 0 Å². The molecule has 110 valence electrons. The minimum atomic E-state index is -0.512. The molecule has 0 bridgehead atoms. The summed E-state index contributed by atoms with van der Waals surface area (Å²) in [4.78, 5) is 0. The number of fused-ring (bicyclic) bond motifs is 1. The zero-order valence-electron chi connectivity index (χ0n) is 11.8. The van der Waals surface area contributed by atoms with Crippen LogP contribution in [0.25, 0.3) is 0 Å². The monoisotopic (exact) mass is 348 g/mol. The van der Waals surface area contributed by atoms with Crippen molar-refractivity contribution in [1.29, 1.82) is 0 Å². The Morgan fingerprint density at radius 3 is 2.95 bits per heavy atom. The summed E-state index contributed by atoms with van der Waals surface area (Å²) in [5.74, 6) is 0.749. The van der Waals surface area contributed by atoms with E-state index in [2.05, 4.69) is 22.0 Å². The van der Waals surface area contributed by atoms with Gasteiger partial charge in [-0.3, -0.25) is 0 Å². The van der Waals surface area contributed by atoms with Gasteiger partial charge in [-0.15, -0.1) is 0 Å². The van der Waals surface area contributed by atoms with E-state index in [-0.39, 0.29) is 6.10 Å². The Bertz CT molecular complexity index is 642. The Morgan fingerprint density at radius 2 is 2.14 bits per heavy atom. The molecule has 0 aromatic heterocycles. The predicted octanol–water partition coefficient (Wildman–Crippen LogP) is 4.15. The fourth-order valence-electron chi connectivity index (χ4n) is 2.67. The van der Waals surface area contributed by atoms with E-state index < -0.39 is 6.10 Å². The second kappa shape index (κ2) is 6.18. The van der Waals surface area contributed by atoms with Crippen molar-refractivity contribution in [3.63, 3.8) is 0 Å². The van der Waals surface area contributed by atoms with Crippen molar-refractivity contribution in [3.05, 3.63) is 63.6 Å². The molecule has 4 heteroatoms. The topological polar surface area (TPSA) is 38.7 Å². The molecule has 21 heavy (non-hydrogen) atoms. The van der Waals surface area contributed by atoms with E-state index in [1.54, 1.807) is 7.11 Å². The highest BCUT2D eigenvalue weighted by Crippen LogP contribution is 2.41. The molecule has 1 aliphatic rings. The van der Waals surface area contributed by atoms with E-state index in [0.717, 1.165) is 26.9 Å². The van der Waals surface area contributed by atoms with Crippen molar-refractivity contribution in [1.82, 2.24) is 0 Å². The number of aliphatic hydroxyl groups excluding tert-OH is 1. The Hall–Kier alpha value is -1.36. The van der Waals surface area contributed by atoms with E-state index in [9.17, 15) is 5.11 Å². The van der Waals surface area contributed by atoms with Crippen LogP contribution in [0.4, 0.5) is 0 Å². The third-order valence-electron chi connectivity index (χ3n) is 3.67. The van der Waals surface area contributed by atoms with Crippen LogP contribution >= 0.6 is 15.9 Å². The molecule has 0 spiro atoms. The number of rotatable bonds is 3. The summed E-state index contributed by atoms with van der Waals surface area (Å²) in [6, 6.07) is 13.9. The second-order valence-electron chi connectivity index (χ2n) is 5.22. The van der Waals surface area contributed by atoms with Crippen molar-refractivity contribution < 1.29 is 14.6 Å². The van der Waals surface area contributed by atoms with Gasteiger partial charge in [-0.25, -0.2) is 0 Å². The van der Waals surface area contributed by atoms with Crippen molar-refractivity contribution in [2.75, 3.05) is 7.11 Å². The van der Waals surface area contributed by atoms with Crippen LogP contribution in [0, 0.1) is 0 Å². The minimum Gasteiger partial charge on any atom is -0.485 e. The van der Waals surface area contributed by atoms with Gasteiger partial charge in [0, 0.05) is 23.6 Å². The summed E-state index contributed by atoms with van der Waals surface area (Å²) >= 11 is 3.42. The molecule has 0 aliphatic carbocycles. The molecule has 0 amide bonds. The van der Waals surface area contributed by atoms with Gasteiger partial charge in [-0.05, 0) is 35.4 Å². The van der Waals surface area contributed by atoms with Gasteiger partial charge in [0.15, 0.2) is 0 Å².